The van der Waals surface area contributed by atoms with Crippen molar-refractivity contribution in [2.75, 3.05) is 32.8 Å². The second-order valence-corrected chi connectivity index (χ2v) is 8.63. The summed E-state index contributed by atoms with van der Waals surface area (Å²) >= 11 is 5.43. The SMILES string of the molecule is O=C1C(CN2CCOCC2)C(=O)N(C(=O)Cc2c[nH]c3ccccc23)C(=S)N1/N=C/c1ccco1. The van der Waals surface area contributed by atoms with Crippen molar-refractivity contribution in [1.82, 2.24) is 19.8 Å². The van der Waals surface area contributed by atoms with Gasteiger partial charge in [-0.05, 0) is 36.0 Å². The number of furan rings is 1. The lowest BCUT2D eigenvalue weighted by molar-refractivity contribution is -0.152. The van der Waals surface area contributed by atoms with Crippen molar-refractivity contribution in [1.29, 1.82) is 0 Å². The number of H-pyrrole nitrogens is 1. The van der Waals surface area contributed by atoms with Crippen LogP contribution in [-0.2, 0) is 25.5 Å². The summed E-state index contributed by atoms with van der Waals surface area (Å²) < 4.78 is 10.6. The second kappa shape index (κ2) is 9.90. The Morgan fingerprint density at radius 3 is 2.71 bits per heavy atom. The predicted molar refractivity (Wildman–Crippen MR) is 130 cm³/mol. The van der Waals surface area contributed by atoms with Crippen molar-refractivity contribution in [3.05, 3.63) is 60.2 Å². The maximum atomic E-state index is 13.5. The highest BCUT2D eigenvalue weighted by molar-refractivity contribution is 7.80. The number of benzene rings is 1. The van der Waals surface area contributed by atoms with Gasteiger partial charge in [-0.2, -0.15) is 10.1 Å². The first-order valence-corrected chi connectivity index (χ1v) is 11.6. The van der Waals surface area contributed by atoms with Crippen LogP contribution in [0.25, 0.3) is 10.9 Å². The largest absolute Gasteiger partial charge is 0.463 e. The Hall–Kier alpha value is -3.67. The van der Waals surface area contributed by atoms with Crippen LogP contribution in [-0.4, -0.2) is 81.7 Å². The number of aromatic amines is 1. The number of fused-ring (bicyclic) bond motifs is 1. The van der Waals surface area contributed by atoms with Gasteiger partial charge in [0.25, 0.3) is 5.91 Å². The van der Waals surface area contributed by atoms with E-state index < -0.39 is 23.6 Å². The van der Waals surface area contributed by atoms with E-state index in [2.05, 4.69) is 10.1 Å². The molecule has 0 radical (unpaired) electrons. The summed E-state index contributed by atoms with van der Waals surface area (Å²) in [5.74, 6) is -2.46. The number of morpholine rings is 1. The minimum atomic E-state index is -1.12. The molecule has 2 aromatic heterocycles. The lowest BCUT2D eigenvalue weighted by Crippen LogP contribution is -2.62. The highest BCUT2D eigenvalue weighted by Gasteiger charge is 2.47. The van der Waals surface area contributed by atoms with Gasteiger partial charge in [-0.15, -0.1) is 0 Å². The smallest absolute Gasteiger partial charge is 0.263 e. The Morgan fingerprint density at radius 1 is 1.14 bits per heavy atom. The van der Waals surface area contributed by atoms with Gasteiger partial charge in [0.2, 0.25) is 16.9 Å². The summed E-state index contributed by atoms with van der Waals surface area (Å²) in [7, 11) is 0. The standard InChI is InChI=1S/C24H23N5O5S/c30-21(12-16-13-25-20-6-2-1-5-18(16)20)28-22(31)19(15-27-7-10-33-11-8-27)23(32)29(24(28)35)26-14-17-4-3-9-34-17/h1-6,9,13-14,19,25H,7-8,10-12,15H2/b26-14+. The van der Waals surface area contributed by atoms with Gasteiger partial charge in [-0.3, -0.25) is 19.3 Å². The van der Waals surface area contributed by atoms with Crippen molar-refractivity contribution in [2.45, 2.75) is 6.42 Å². The van der Waals surface area contributed by atoms with Crippen LogP contribution in [0.4, 0.5) is 0 Å². The molecule has 3 aromatic rings. The summed E-state index contributed by atoms with van der Waals surface area (Å²) in [6, 6.07) is 10.9. The van der Waals surface area contributed by atoms with Crippen LogP contribution >= 0.6 is 12.2 Å². The van der Waals surface area contributed by atoms with E-state index in [9.17, 15) is 14.4 Å². The number of nitrogens with zero attached hydrogens (tertiary/aromatic N) is 4. The van der Waals surface area contributed by atoms with Crippen LogP contribution in [0.2, 0.25) is 0 Å². The zero-order chi connectivity index (χ0) is 24.4. The van der Waals surface area contributed by atoms with E-state index in [0.29, 0.717) is 32.1 Å². The number of hydrogen-bond acceptors (Lipinski definition) is 8. The van der Waals surface area contributed by atoms with Crippen molar-refractivity contribution in [3.63, 3.8) is 0 Å². The molecule has 2 aliphatic rings. The average Bonchev–Trinajstić information content (AvgIpc) is 3.53. The van der Waals surface area contributed by atoms with E-state index in [1.165, 1.54) is 12.5 Å². The molecule has 0 saturated carbocycles. The molecule has 11 heteroatoms. The fraction of sp³-hybridized carbons (Fsp3) is 0.292. The summed E-state index contributed by atoms with van der Waals surface area (Å²) in [6.07, 6.45) is 4.47. The normalized spacial score (nSPS) is 19.9. The minimum Gasteiger partial charge on any atom is -0.463 e. The molecule has 5 rings (SSSR count). The summed E-state index contributed by atoms with van der Waals surface area (Å²) in [5, 5.41) is 5.72. The molecule has 3 amide bonds. The lowest BCUT2D eigenvalue weighted by atomic mass is 10.0. The molecule has 1 aromatic carbocycles. The van der Waals surface area contributed by atoms with Crippen LogP contribution in [0.15, 0.2) is 58.4 Å². The molecule has 0 bridgehead atoms. The number of aromatic nitrogens is 1. The number of para-hydroxylation sites is 1. The number of amides is 3. The number of rotatable bonds is 6. The molecule has 0 spiro atoms. The van der Waals surface area contributed by atoms with Gasteiger partial charge in [0, 0.05) is 36.7 Å². The van der Waals surface area contributed by atoms with Crippen LogP contribution in [0, 0.1) is 5.92 Å². The lowest BCUT2D eigenvalue weighted by Gasteiger charge is -2.37. The molecule has 2 fully saturated rings. The molecule has 0 aliphatic carbocycles. The van der Waals surface area contributed by atoms with E-state index in [1.807, 2.05) is 29.2 Å². The third kappa shape index (κ3) is 4.65. The Labute approximate surface area is 206 Å². The summed E-state index contributed by atoms with van der Waals surface area (Å²) in [6.45, 7) is 2.34. The molecule has 35 heavy (non-hydrogen) atoms. The van der Waals surface area contributed by atoms with E-state index >= 15 is 0 Å². The molecule has 2 saturated heterocycles. The average molecular weight is 494 g/mol. The molecule has 180 valence electrons. The first kappa shape index (κ1) is 23.1. The van der Waals surface area contributed by atoms with Crippen molar-refractivity contribution >= 4 is 52.2 Å². The topological polar surface area (TPSA) is 111 Å². The molecule has 1 N–H and O–H groups in total. The van der Waals surface area contributed by atoms with Gasteiger partial charge < -0.3 is 14.1 Å². The van der Waals surface area contributed by atoms with Crippen LogP contribution in [0.3, 0.4) is 0 Å². The van der Waals surface area contributed by atoms with Crippen molar-refractivity contribution in [3.8, 4) is 0 Å². The Kier molecular flexibility index (Phi) is 6.53. The molecule has 1 atom stereocenters. The van der Waals surface area contributed by atoms with Crippen LogP contribution in [0.5, 0.6) is 0 Å². The minimum absolute atomic E-state index is 0.0654. The third-order valence-electron chi connectivity index (χ3n) is 6.05. The van der Waals surface area contributed by atoms with E-state index in [1.54, 1.807) is 18.3 Å². The molecule has 4 heterocycles. The van der Waals surface area contributed by atoms with E-state index in [0.717, 1.165) is 26.4 Å². The van der Waals surface area contributed by atoms with Crippen LogP contribution < -0.4 is 0 Å². The number of nitrogens with one attached hydrogen (secondary N) is 1. The van der Waals surface area contributed by atoms with Gasteiger partial charge in [0.1, 0.15) is 11.7 Å². The first-order valence-electron chi connectivity index (χ1n) is 11.2. The molecular weight excluding hydrogens is 470 g/mol. The quantitative estimate of drug-likeness (QED) is 0.316. The number of hydrazone groups is 1. The van der Waals surface area contributed by atoms with Gasteiger partial charge >= 0.3 is 0 Å². The summed E-state index contributed by atoms with van der Waals surface area (Å²) in [5.41, 5.74) is 1.61. The number of imide groups is 1. The Balaban J connectivity index is 1.44. The number of carbonyl (C=O) groups excluding carboxylic acids is 3. The number of thiocarbonyl (C=S) groups is 1. The Bertz CT molecular complexity index is 1290. The molecule has 1 unspecified atom stereocenters. The predicted octanol–water partition coefficient (Wildman–Crippen LogP) is 1.77. The monoisotopic (exact) mass is 493 g/mol. The fourth-order valence-corrected chi connectivity index (χ4v) is 4.55. The second-order valence-electron chi connectivity index (χ2n) is 8.26. The molecule has 10 nitrogen and oxygen atoms in total. The fourth-order valence-electron chi connectivity index (χ4n) is 4.23. The molecular formula is C24H23N5O5S. The van der Waals surface area contributed by atoms with E-state index in [-0.39, 0.29) is 18.1 Å². The van der Waals surface area contributed by atoms with Gasteiger partial charge in [0.15, 0.2) is 0 Å². The Morgan fingerprint density at radius 2 is 1.94 bits per heavy atom. The maximum Gasteiger partial charge on any atom is 0.263 e. The van der Waals surface area contributed by atoms with Crippen molar-refractivity contribution in [2.24, 2.45) is 11.0 Å². The summed E-state index contributed by atoms with van der Waals surface area (Å²) in [4.78, 5) is 46.2. The van der Waals surface area contributed by atoms with Gasteiger partial charge in [-0.1, -0.05) is 18.2 Å². The van der Waals surface area contributed by atoms with Gasteiger partial charge in [-0.25, -0.2) is 4.90 Å². The zero-order valence-corrected chi connectivity index (χ0v) is 19.6. The number of carbonyl (C=O) groups is 3. The first-order chi connectivity index (χ1) is 17.0. The highest BCUT2D eigenvalue weighted by atomic mass is 32.1. The molecule has 2 aliphatic heterocycles. The highest BCUT2D eigenvalue weighted by Crippen LogP contribution is 2.24. The van der Waals surface area contributed by atoms with Crippen LogP contribution in [0.1, 0.15) is 11.3 Å². The van der Waals surface area contributed by atoms with E-state index in [4.69, 9.17) is 21.4 Å². The number of hydrogen-bond donors (Lipinski definition) is 1. The zero-order valence-electron chi connectivity index (χ0n) is 18.8. The maximum absolute atomic E-state index is 13.5. The van der Waals surface area contributed by atoms with Gasteiger partial charge in [0.05, 0.1) is 32.1 Å². The third-order valence-corrected chi connectivity index (χ3v) is 6.41. The van der Waals surface area contributed by atoms with Crippen molar-refractivity contribution < 1.29 is 23.5 Å². The number of ether oxygens (including phenoxy) is 1.